The average Bonchev–Trinajstić information content (AvgIpc) is 2.82. The molecule has 0 unspecified atom stereocenters. The van der Waals surface area contributed by atoms with Gasteiger partial charge in [0.2, 0.25) is 10.0 Å². The van der Waals surface area contributed by atoms with Crippen molar-refractivity contribution in [3.8, 4) is 0 Å². The maximum atomic E-state index is 13.0. The van der Waals surface area contributed by atoms with Crippen LogP contribution in [0.15, 0.2) is 47.4 Å². The largest absolute Gasteiger partial charge is 0.452 e. The van der Waals surface area contributed by atoms with Crippen molar-refractivity contribution in [2.75, 3.05) is 26.2 Å². The molecule has 1 fully saturated rings. The van der Waals surface area contributed by atoms with Crippen LogP contribution in [0.1, 0.15) is 46.3 Å². The van der Waals surface area contributed by atoms with Gasteiger partial charge < -0.3 is 9.64 Å². The van der Waals surface area contributed by atoms with Crippen molar-refractivity contribution in [1.29, 1.82) is 0 Å². The summed E-state index contributed by atoms with van der Waals surface area (Å²) in [5.74, 6) is -0.952. The number of esters is 1. The second-order valence-corrected chi connectivity index (χ2v) is 10.3. The zero-order valence-corrected chi connectivity index (χ0v) is 19.1. The number of carbonyl (C=O) groups excluding carboxylic acids is 2. The van der Waals surface area contributed by atoms with Gasteiger partial charge in [0.1, 0.15) is 0 Å². The molecule has 0 spiro atoms. The van der Waals surface area contributed by atoms with Crippen molar-refractivity contribution in [2.45, 2.75) is 44.0 Å². The molecule has 0 atom stereocenters. The van der Waals surface area contributed by atoms with Crippen molar-refractivity contribution in [1.82, 2.24) is 9.21 Å². The van der Waals surface area contributed by atoms with Crippen LogP contribution in [0, 0.1) is 6.92 Å². The van der Waals surface area contributed by atoms with Crippen LogP contribution in [0.5, 0.6) is 0 Å². The van der Waals surface area contributed by atoms with Gasteiger partial charge in [-0.1, -0.05) is 36.8 Å². The molecule has 8 heteroatoms. The number of amides is 1. The molecule has 0 aliphatic carbocycles. The number of benzene rings is 2. The Balaban J connectivity index is 1.42. The highest BCUT2D eigenvalue weighted by molar-refractivity contribution is 7.89. The van der Waals surface area contributed by atoms with Gasteiger partial charge in [0.15, 0.2) is 6.61 Å². The minimum absolute atomic E-state index is 0.0796. The molecule has 0 N–H and O–H groups in total. The molecule has 0 aromatic heterocycles. The number of hydrogen-bond acceptors (Lipinski definition) is 5. The van der Waals surface area contributed by atoms with Gasteiger partial charge in [-0.05, 0) is 55.0 Å². The lowest BCUT2D eigenvalue weighted by molar-refractivity contribution is -0.135. The zero-order chi connectivity index (χ0) is 22.7. The molecule has 7 nitrogen and oxygen atoms in total. The Morgan fingerprint density at radius 2 is 1.69 bits per heavy atom. The first-order chi connectivity index (χ1) is 15.4. The fourth-order valence-electron chi connectivity index (χ4n) is 4.24. The van der Waals surface area contributed by atoms with Crippen molar-refractivity contribution in [3.05, 3.63) is 64.7 Å². The number of hydrogen-bond donors (Lipinski definition) is 0. The number of carbonyl (C=O) groups is 2. The average molecular weight is 457 g/mol. The number of piperidine rings is 1. The molecule has 2 aromatic rings. The summed E-state index contributed by atoms with van der Waals surface area (Å²) >= 11 is 0. The van der Waals surface area contributed by atoms with E-state index in [1.165, 1.54) is 22.0 Å². The minimum Gasteiger partial charge on any atom is -0.452 e. The highest BCUT2D eigenvalue weighted by Gasteiger charge is 2.28. The van der Waals surface area contributed by atoms with E-state index in [1.54, 1.807) is 17.9 Å². The molecule has 4 rings (SSSR count). The van der Waals surface area contributed by atoms with Gasteiger partial charge in [-0.15, -0.1) is 0 Å². The number of aryl methyl sites for hydroxylation is 1. The molecule has 1 saturated heterocycles. The van der Waals surface area contributed by atoms with Crippen LogP contribution in [0.25, 0.3) is 0 Å². The summed E-state index contributed by atoms with van der Waals surface area (Å²) in [6.45, 7) is 3.40. The number of rotatable bonds is 5. The monoisotopic (exact) mass is 456 g/mol. The van der Waals surface area contributed by atoms with Gasteiger partial charge in [-0.3, -0.25) is 4.79 Å². The molecule has 0 saturated carbocycles. The second-order valence-electron chi connectivity index (χ2n) is 8.35. The standard InChI is InChI=1S/C24H28N2O5S/c1-18-9-10-21(32(29,30)26-12-5-2-6-13-26)15-22(18)24(28)31-17-23(27)25-14-11-19-7-3-4-8-20(19)16-25/h3-4,7-10,15H,2,5-6,11-14,16-17H2,1H3. The summed E-state index contributed by atoms with van der Waals surface area (Å²) in [5, 5.41) is 0. The molecule has 1 amide bonds. The van der Waals surface area contributed by atoms with Crippen LogP contribution in [0.2, 0.25) is 0 Å². The van der Waals surface area contributed by atoms with E-state index >= 15 is 0 Å². The van der Waals surface area contributed by atoms with E-state index in [-0.39, 0.29) is 23.0 Å². The molecule has 2 aromatic carbocycles. The fourth-order valence-corrected chi connectivity index (χ4v) is 5.78. The third-order valence-electron chi connectivity index (χ3n) is 6.19. The lowest BCUT2D eigenvalue weighted by Gasteiger charge is -2.28. The van der Waals surface area contributed by atoms with Gasteiger partial charge in [-0.2, -0.15) is 4.31 Å². The molecule has 0 radical (unpaired) electrons. The topological polar surface area (TPSA) is 84.0 Å². The lowest BCUT2D eigenvalue weighted by atomic mass is 10.00. The first-order valence-corrected chi connectivity index (χ1v) is 12.4. The summed E-state index contributed by atoms with van der Waals surface area (Å²) < 4.78 is 32.7. The Morgan fingerprint density at radius 1 is 0.969 bits per heavy atom. The van der Waals surface area contributed by atoms with Crippen LogP contribution in [-0.2, 0) is 32.5 Å². The van der Waals surface area contributed by atoms with Crippen LogP contribution in [0.3, 0.4) is 0 Å². The Labute approximate surface area is 189 Å². The maximum Gasteiger partial charge on any atom is 0.338 e. The van der Waals surface area contributed by atoms with Gasteiger partial charge >= 0.3 is 5.97 Å². The summed E-state index contributed by atoms with van der Waals surface area (Å²) in [6.07, 6.45) is 3.46. The van der Waals surface area contributed by atoms with Crippen molar-refractivity contribution >= 4 is 21.9 Å². The summed E-state index contributed by atoms with van der Waals surface area (Å²) in [4.78, 5) is 27.1. The van der Waals surface area contributed by atoms with Crippen molar-refractivity contribution < 1.29 is 22.7 Å². The zero-order valence-electron chi connectivity index (χ0n) is 18.2. The predicted octanol–water partition coefficient (Wildman–Crippen LogP) is 2.91. The van der Waals surface area contributed by atoms with Crippen LogP contribution in [0.4, 0.5) is 0 Å². The molecule has 32 heavy (non-hydrogen) atoms. The Morgan fingerprint density at radius 3 is 2.44 bits per heavy atom. The Bertz CT molecular complexity index is 1120. The van der Waals surface area contributed by atoms with Crippen LogP contribution >= 0.6 is 0 Å². The van der Waals surface area contributed by atoms with Gasteiger partial charge in [0, 0.05) is 26.2 Å². The SMILES string of the molecule is Cc1ccc(S(=O)(=O)N2CCCCC2)cc1C(=O)OCC(=O)N1CCc2ccccc2C1. The highest BCUT2D eigenvalue weighted by atomic mass is 32.2. The first kappa shape index (κ1) is 22.5. The molecule has 2 aliphatic heterocycles. The number of nitrogens with zero attached hydrogens (tertiary/aromatic N) is 2. The van der Waals surface area contributed by atoms with E-state index in [1.807, 2.05) is 18.2 Å². The summed E-state index contributed by atoms with van der Waals surface area (Å²) in [7, 11) is -3.66. The van der Waals surface area contributed by atoms with E-state index < -0.39 is 16.0 Å². The third-order valence-corrected chi connectivity index (χ3v) is 8.09. The van der Waals surface area contributed by atoms with E-state index in [9.17, 15) is 18.0 Å². The van der Waals surface area contributed by atoms with Gasteiger partial charge in [0.05, 0.1) is 10.5 Å². The normalized spacial score (nSPS) is 17.0. The molecule has 0 bridgehead atoms. The van der Waals surface area contributed by atoms with E-state index in [0.717, 1.165) is 31.2 Å². The predicted molar refractivity (Wildman–Crippen MR) is 120 cm³/mol. The fraction of sp³-hybridized carbons (Fsp3) is 0.417. The number of sulfonamides is 1. The van der Waals surface area contributed by atoms with Crippen molar-refractivity contribution in [2.24, 2.45) is 0 Å². The summed E-state index contributed by atoms with van der Waals surface area (Å²) in [5.41, 5.74) is 3.10. The Hall–Kier alpha value is -2.71. The first-order valence-electron chi connectivity index (χ1n) is 11.0. The van der Waals surface area contributed by atoms with Gasteiger partial charge in [-0.25, -0.2) is 13.2 Å². The van der Waals surface area contributed by atoms with E-state index in [2.05, 4.69) is 6.07 Å². The highest BCUT2D eigenvalue weighted by Crippen LogP contribution is 2.23. The van der Waals surface area contributed by atoms with Crippen LogP contribution < -0.4 is 0 Å². The second kappa shape index (κ2) is 9.42. The minimum atomic E-state index is -3.66. The number of fused-ring (bicyclic) bond motifs is 1. The molecule has 170 valence electrons. The molecular weight excluding hydrogens is 428 g/mol. The van der Waals surface area contributed by atoms with E-state index in [4.69, 9.17) is 4.74 Å². The quantitative estimate of drug-likeness (QED) is 0.646. The Kier molecular flexibility index (Phi) is 6.62. The van der Waals surface area contributed by atoms with Crippen molar-refractivity contribution in [3.63, 3.8) is 0 Å². The molecule has 2 heterocycles. The molecule has 2 aliphatic rings. The van der Waals surface area contributed by atoms with Crippen LogP contribution in [-0.4, -0.2) is 55.7 Å². The third kappa shape index (κ3) is 4.71. The smallest absolute Gasteiger partial charge is 0.338 e. The van der Waals surface area contributed by atoms with Gasteiger partial charge in [0.25, 0.3) is 5.91 Å². The lowest BCUT2D eigenvalue weighted by Crippen LogP contribution is -2.38. The van der Waals surface area contributed by atoms with E-state index in [0.29, 0.717) is 31.7 Å². The number of ether oxygens (including phenoxy) is 1. The maximum absolute atomic E-state index is 13.0. The summed E-state index contributed by atoms with van der Waals surface area (Å²) in [6, 6.07) is 12.5. The molecular formula is C24H28N2O5S.